The van der Waals surface area contributed by atoms with Gasteiger partial charge in [0.25, 0.3) is 11.8 Å². The zero-order valence-electron chi connectivity index (χ0n) is 23.0. The minimum Gasteiger partial charge on any atom is -0.481 e. The predicted molar refractivity (Wildman–Crippen MR) is 154 cm³/mol. The van der Waals surface area contributed by atoms with Crippen molar-refractivity contribution in [3.8, 4) is 11.3 Å². The third-order valence-electron chi connectivity index (χ3n) is 6.55. The molecule has 0 unspecified atom stereocenters. The molecule has 12 heteroatoms. The number of hydrogen-bond donors (Lipinski definition) is 2. The molecule has 4 rings (SSSR count). The van der Waals surface area contributed by atoms with Gasteiger partial charge < -0.3 is 15.3 Å². The van der Waals surface area contributed by atoms with E-state index in [0.717, 1.165) is 23.3 Å². The van der Waals surface area contributed by atoms with Crippen molar-refractivity contribution in [2.75, 3.05) is 18.0 Å². The molecule has 0 bridgehead atoms. The maximum Gasteiger partial charge on any atom is 0.416 e. The van der Waals surface area contributed by atoms with Crippen molar-refractivity contribution in [1.29, 1.82) is 0 Å². The zero-order chi connectivity index (χ0) is 31.2. The van der Waals surface area contributed by atoms with Crippen LogP contribution in [0.5, 0.6) is 0 Å². The number of anilines is 1. The number of aromatic nitrogens is 1. The molecule has 4 aromatic rings. The number of rotatable bonds is 12. The summed E-state index contributed by atoms with van der Waals surface area (Å²) in [5.74, 6) is -4.90. The zero-order valence-corrected chi connectivity index (χ0v) is 23.8. The number of carbonyl (C=O) groups excluding carboxylic acids is 1. The molecule has 6 nitrogen and oxygen atoms in total. The highest BCUT2D eigenvalue weighted by molar-refractivity contribution is 7.14. The molecule has 0 saturated heterocycles. The van der Waals surface area contributed by atoms with E-state index in [1.807, 2.05) is 35.2 Å². The van der Waals surface area contributed by atoms with Gasteiger partial charge in [-0.05, 0) is 47.9 Å². The van der Waals surface area contributed by atoms with Crippen LogP contribution in [0.15, 0.2) is 78.2 Å². The van der Waals surface area contributed by atoms with E-state index in [2.05, 4.69) is 10.3 Å². The number of amides is 1. The number of nitrogens with zero attached hydrogens (tertiary/aromatic N) is 2. The molecule has 2 N–H and O–H groups in total. The van der Waals surface area contributed by atoms with E-state index in [9.17, 15) is 31.5 Å². The second kappa shape index (κ2) is 13.3. The number of nitrogens with one attached hydrogen (secondary N) is 1. The second-order valence-corrected chi connectivity index (χ2v) is 10.8. The number of alkyl halides is 5. The van der Waals surface area contributed by atoms with Crippen LogP contribution in [0.4, 0.5) is 27.1 Å². The Kier molecular flexibility index (Phi) is 9.80. The normalized spacial score (nSPS) is 11.8. The van der Waals surface area contributed by atoms with Crippen molar-refractivity contribution in [2.45, 2.75) is 38.4 Å². The number of aliphatic carboxylic acids is 1. The molecule has 0 radical (unpaired) electrons. The van der Waals surface area contributed by atoms with Gasteiger partial charge in [-0.3, -0.25) is 9.59 Å². The molecule has 226 valence electrons. The molecule has 1 heterocycles. The SMILES string of the molecule is CC(F)(F)c1cc(-c2csc(N(CCc3ccccc3)Cc3ccc(C(=O)NCCC(=O)O)cc3)n2)cc(C(F)(F)F)c1. The van der Waals surface area contributed by atoms with E-state index < -0.39 is 35.1 Å². The van der Waals surface area contributed by atoms with Crippen molar-refractivity contribution in [2.24, 2.45) is 0 Å². The Morgan fingerprint density at radius 2 is 1.60 bits per heavy atom. The van der Waals surface area contributed by atoms with E-state index >= 15 is 0 Å². The van der Waals surface area contributed by atoms with Crippen molar-refractivity contribution in [3.05, 3.63) is 106 Å². The molecule has 0 aliphatic carbocycles. The Hall–Kier alpha value is -4.32. The highest BCUT2D eigenvalue weighted by Gasteiger charge is 2.35. The summed E-state index contributed by atoms with van der Waals surface area (Å²) in [4.78, 5) is 29.5. The first-order valence-electron chi connectivity index (χ1n) is 13.2. The summed E-state index contributed by atoms with van der Waals surface area (Å²) in [6, 6.07) is 18.7. The average Bonchev–Trinajstić information content (AvgIpc) is 3.45. The van der Waals surface area contributed by atoms with E-state index in [4.69, 9.17) is 5.11 Å². The summed E-state index contributed by atoms with van der Waals surface area (Å²) < 4.78 is 68.8. The van der Waals surface area contributed by atoms with Gasteiger partial charge in [-0.2, -0.15) is 13.2 Å². The van der Waals surface area contributed by atoms with E-state index in [0.29, 0.717) is 43.2 Å². The number of halogens is 5. The Morgan fingerprint density at radius 3 is 2.23 bits per heavy atom. The Morgan fingerprint density at radius 1 is 0.930 bits per heavy atom. The molecule has 0 fully saturated rings. The lowest BCUT2D eigenvalue weighted by Crippen LogP contribution is -2.26. The molecular formula is C31H28F5N3O3S. The van der Waals surface area contributed by atoms with Gasteiger partial charge in [0.05, 0.1) is 17.7 Å². The first-order chi connectivity index (χ1) is 20.3. The number of hydrogen-bond acceptors (Lipinski definition) is 5. The van der Waals surface area contributed by atoms with Crippen LogP contribution in [-0.2, 0) is 29.9 Å². The van der Waals surface area contributed by atoms with Crippen molar-refractivity contribution < 1.29 is 36.6 Å². The van der Waals surface area contributed by atoms with Crippen molar-refractivity contribution >= 4 is 28.3 Å². The second-order valence-electron chi connectivity index (χ2n) is 9.95. The average molecular weight is 618 g/mol. The lowest BCUT2D eigenvalue weighted by atomic mass is 10.0. The van der Waals surface area contributed by atoms with E-state index in [1.54, 1.807) is 29.6 Å². The molecule has 0 aliphatic rings. The van der Waals surface area contributed by atoms with Gasteiger partial charge in [0.15, 0.2) is 5.13 Å². The van der Waals surface area contributed by atoms with Gasteiger partial charge in [-0.25, -0.2) is 13.8 Å². The predicted octanol–water partition coefficient (Wildman–Crippen LogP) is 7.39. The van der Waals surface area contributed by atoms with Gasteiger partial charge in [0.2, 0.25) is 0 Å². The summed E-state index contributed by atoms with van der Waals surface area (Å²) in [5.41, 5.74) is 0.396. The molecule has 1 amide bonds. The molecule has 3 aromatic carbocycles. The van der Waals surface area contributed by atoms with E-state index in [1.165, 1.54) is 11.3 Å². The molecule has 0 aliphatic heterocycles. The van der Waals surface area contributed by atoms with E-state index in [-0.39, 0.29) is 24.2 Å². The topological polar surface area (TPSA) is 82.5 Å². The fourth-order valence-corrected chi connectivity index (χ4v) is 5.11. The molecule has 0 saturated carbocycles. The standard InChI is InChI=1S/C31H28F5N3O3S/c1-30(32,33)24-15-23(16-25(17-24)31(34,35)36)26-19-43-29(38-26)39(14-12-20-5-3-2-4-6-20)18-21-7-9-22(10-8-21)28(42)37-13-11-27(40)41/h2-10,15-17,19H,11-14,18H2,1H3,(H,37,42)(H,40,41). The Bertz CT molecular complexity index is 1520. The fourth-order valence-electron chi connectivity index (χ4n) is 4.25. The highest BCUT2D eigenvalue weighted by atomic mass is 32.1. The van der Waals surface area contributed by atoms with Crippen LogP contribution >= 0.6 is 11.3 Å². The smallest absolute Gasteiger partial charge is 0.416 e. The fraction of sp³-hybridized carbons (Fsp3) is 0.258. The van der Waals surface area contributed by atoms with Crippen LogP contribution in [0.25, 0.3) is 11.3 Å². The summed E-state index contributed by atoms with van der Waals surface area (Å²) in [5, 5.41) is 13.3. The van der Waals surface area contributed by atoms with Crippen LogP contribution in [0.3, 0.4) is 0 Å². The minimum atomic E-state index is -4.81. The van der Waals surface area contributed by atoms with Crippen molar-refractivity contribution in [3.63, 3.8) is 0 Å². The van der Waals surface area contributed by atoms with Gasteiger partial charge in [-0.15, -0.1) is 11.3 Å². The Balaban J connectivity index is 1.60. The third-order valence-corrected chi connectivity index (χ3v) is 7.45. The number of carbonyl (C=O) groups is 2. The summed E-state index contributed by atoms with van der Waals surface area (Å²) in [7, 11) is 0. The third kappa shape index (κ3) is 8.84. The monoisotopic (exact) mass is 617 g/mol. The summed E-state index contributed by atoms with van der Waals surface area (Å²) in [6.45, 7) is 1.39. The summed E-state index contributed by atoms with van der Waals surface area (Å²) >= 11 is 1.19. The first-order valence-corrected chi connectivity index (χ1v) is 14.1. The maximum atomic E-state index is 14.1. The van der Waals surface area contributed by atoms with Crippen molar-refractivity contribution in [1.82, 2.24) is 10.3 Å². The highest BCUT2D eigenvalue weighted by Crippen LogP contribution is 2.39. The summed E-state index contributed by atoms with van der Waals surface area (Å²) in [6.07, 6.45) is -4.37. The first kappa shape index (κ1) is 31.6. The lowest BCUT2D eigenvalue weighted by Gasteiger charge is -2.22. The Labute approximate surface area is 248 Å². The molecule has 43 heavy (non-hydrogen) atoms. The molecule has 1 aromatic heterocycles. The number of thiazole rings is 1. The molecular weight excluding hydrogens is 589 g/mol. The van der Waals surface area contributed by atoms with Gasteiger partial charge >= 0.3 is 12.1 Å². The number of carboxylic acids is 1. The van der Waals surface area contributed by atoms with Gasteiger partial charge in [0, 0.05) is 48.6 Å². The number of carboxylic acid groups (broad SMARTS) is 1. The van der Waals surface area contributed by atoms with Gasteiger partial charge in [-0.1, -0.05) is 42.5 Å². The van der Waals surface area contributed by atoms with Crippen LogP contribution in [-0.4, -0.2) is 35.1 Å². The largest absolute Gasteiger partial charge is 0.481 e. The van der Waals surface area contributed by atoms with Crippen LogP contribution in [0.2, 0.25) is 0 Å². The van der Waals surface area contributed by atoms with Crippen LogP contribution in [0.1, 0.15) is 46.0 Å². The van der Waals surface area contributed by atoms with Gasteiger partial charge in [0.1, 0.15) is 0 Å². The quantitative estimate of drug-likeness (QED) is 0.162. The lowest BCUT2D eigenvalue weighted by molar-refractivity contribution is -0.138. The maximum absolute atomic E-state index is 14.1. The van der Waals surface area contributed by atoms with Crippen LogP contribution < -0.4 is 10.2 Å². The molecule has 0 atom stereocenters. The van der Waals surface area contributed by atoms with Crippen LogP contribution in [0, 0.1) is 0 Å². The molecule has 0 spiro atoms. The minimum absolute atomic E-state index is 0.00116. The number of benzene rings is 3.